The smallest absolute Gasteiger partial charge is 0.408 e. The fourth-order valence-corrected chi connectivity index (χ4v) is 3.67. The van der Waals surface area contributed by atoms with Crippen molar-refractivity contribution in [3.05, 3.63) is 35.9 Å². The van der Waals surface area contributed by atoms with Crippen molar-refractivity contribution in [2.45, 2.75) is 58.8 Å². The topological polar surface area (TPSA) is 100 Å². The molecule has 1 fully saturated rings. The van der Waals surface area contributed by atoms with Crippen molar-refractivity contribution in [3.8, 4) is 0 Å². The van der Waals surface area contributed by atoms with Crippen LogP contribution in [0.15, 0.2) is 30.3 Å². The number of alkyl carbamates (subject to hydrolysis) is 1. The molecule has 0 spiro atoms. The zero-order valence-electron chi connectivity index (χ0n) is 17.6. The van der Waals surface area contributed by atoms with E-state index in [4.69, 9.17) is 19.2 Å². The number of amides is 1. The highest BCUT2D eigenvalue weighted by molar-refractivity contribution is 14.1. The molecule has 0 saturated carbocycles. The highest BCUT2D eigenvalue weighted by Gasteiger charge is 2.60. The lowest BCUT2D eigenvalue weighted by Gasteiger charge is -2.36. The Bertz CT molecular complexity index is 755. The van der Waals surface area contributed by atoms with Crippen molar-refractivity contribution in [1.82, 2.24) is 5.32 Å². The van der Waals surface area contributed by atoms with Gasteiger partial charge in [-0.25, -0.2) is 9.59 Å². The van der Waals surface area contributed by atoms with Crippen molar-refractivity contribution < 1.29 is 33.6 Å². The summed E-state index contributed by atoms with van der Waals surface area (Å²) in [5.74, 6) is -1.47. The normalized spacial score (nSPS) is 22.2. The van der Waals surface area contributed by atoms with Gasteiger partial charge in [0.1, 0.15) is 17.3 Å². The second-order valence-corrected chi connectivity index (χ2v) is 8.57. The minimum absolute atomic E-state index is 0.0529. The summed E-state index contributed by atoms with van der Waals surface area (Å²) in [4.78, 5) is 47.9. The van der Waals surface area contributed by atoms with Gasteiger partial charge in [0.25, 0.3) is 0 Å². The Labute approximate surface area is 190 Å². The number of hydrogen-bond donors (Lipinski definition) is 1. The number of hydrogen-bond acceptors (Lipinski definition) is 7. The van der Waals surface area contributed by atoms with Crippen LogP contribution >= 0.6 is 22.6 Å². The van der Waals surface area contributed by atoms with Crippen LogP contribution in [0.4, 0.5) is 4.79 Å². The quantitative estimate of drug-likeness (QED) is 0.223. The van der Waals surface area contributed by atoms with Crippen LogP contribution in [-0.2, 0) is 35.4 Å². The highest BCUT2D eigenvalue weighted by Crippen LogP contribution is 2.40. The predicted molar refractivity (Wildman–Crippen MR) is 116 cm³/mol. The van der Waals surface area contributed by atoms with E-state index in [1.807, 2.05) is 66.8 Å². The minimum atomic E-state index is -1.48. The standard InChI is InChI=1S/C21H28INO7/c1-5-14(2)21(23-19(26)27-12-15-9-7-6-8-10-15)16(29-30-18(21)25)11-20(3,4)17(24)28-13-22/h6-10,14,16H,5,11-13H2,1-4H3,(H,23,26)/t14?,16?,21-/m1/s1. The molecule has 1 aliphatic heterocycles. The summed E-state index contributed by atoms with van der Waals surface area (Å²) in [5.41, 5.74) is -1.63. The maximum absolute atomic E-state index is 12.8. The molecular formula is C21H28INO7. The van der Waals surface area contributed by atoms with Gasteiger partial charge in [0.05, 0.1) is 5.41 Å². The molecule has 1 aromatic carbocycles. The first-order valence-electron chi connectivity index (χ1n) is 9.77. The Balaban J connectivity index is 2.21. The minimum Gasteiger partial charge on any atom is -0.455 e. The maximum atomic E-state index is 12.8. The Morgan fingerprint density at radius 2 is 1.93 bits per heavy atom. The van der Waals surface area contributed by atoms with Crippen LogP contribution in [0.2, 0.25) is 0 Å². The summed E-state index contributed by atoms with van der Waals surface area (Å²) >= 11 is 1.94. The molecule has 1 amide bonds. The average Bonchev–Trinajstić information content (AvgIpc) is 3.02. The van der Waals surface area contributed by atoms with Gasteiger partial charge in [0.15, 0.2) is 5.54 Å². The molecule has 1 heterocycles. The second kappa shape index (κ2) is 10.4. The molecule has 1 saturated heterocycles. The van der Waals surface area contributed by atoms with Crippen LogP contribution in [0.25, 0.3) is 0 Å². The molecule has 2 rings (SSSR count). The molecule has 0 radical (unpaired) electrons. The Morgan fingerprint density at radius 1 is 1.27 bits per heavy atom. The molecule has 1 aliphatic rings. The van der Waals surface area contributed by atoms with Crippen molar-refractivity contribution in [1.29, 1.82) is 0 Å². The monoisotopic (exact) mass is 533 g/mol. The Morgan fingerprint density at radius 3 is 2.53 bits per heavy atom. The molecule has 3 atom stereocenters. The van der Waals surface area contributed by atoms with Gasteiger partial charge >= 0.3 is 18.0 Å². The summed E-state index contributed by atoms with van der Waals surface area (Å²) in [6.07, 6.45) is -0.982. The number of carbonyl (C=O) groups excluding carboxylic acids is 3. The Hall–Kier alpha value is -1.88. The van der Waals surface area contributed by atoms with E-state index in [1.165, 1.54) is 0 Å². The lowest BCUT2D eigenvalue weighted by molar-refractivity contribution is -0.266. The number of halogens is 1. The first-order chi connectivity index (χ1) is 14.2. The molecule has 0 aromatic heterocycles. The van der Waals surface area contributed by atoms with E-state index < -0.39 is 35.1 Å². The largest absolute Gasteiger partial charge is 0.455 e. The Kier molecular flexibility index (Phi) is 8.48. The number of carbonyl (C=O) groups is 3. The molecule has 166 valence electrons. The molecule has 0 bridgehead atoms. The number of nitrogens with one attached hydrogen (secondary N) is 1. The van der Waals surface area contributed by atoms with Crippen molar-refractivity contribution in [2.75, 3.05) is 4.61 Å². The van der Waals surface area contributed by atoms with Crippen LogP contribution in [0.3, 0.4) is 0 Å². The number of esters is 1. The van der Waals surface area contributed by atoms with Crippen LogP contribution in [0.1, 0.15) is 46.1 Å². The summed E-state index contributed by atoms with van der Waals surface area (Å²) in [7, 11) is 0. The average molecular weight is 533 g/mol. The fourth-order valence-electron chi connectivity index (χ4n) is 3.39. The van der Waals surface area contributed by atoms with Crippen LogP contribution in [0.5, 0.6) is 0 Å². The van der Waals surface area contributed by atoms with E-state index in [0.29, 0.717) is 6.42 Å². The molecule has 9 heteroatoms. The predicted octanol–water partition coefficient (Wildman–Crippen LogP) is 3.91. The van der Waals surface area contributed by atoms with Gasteiger partial charge in [-0.2, -0.15) is 4.89 Å². The number of rotatable bonds is 9. The molecule has 0 aliphatic carbocycles. The van der Waals surface area contributed by atoms with Crippen LogP contribution in [-0.4, -0.2) is 34.3 Å². The summed E-state index contributed by atoms with van der Waals surface area (Å²) in [6.45, 7) is 7.15. The van der Waals surface area contributed by atoms with E-state index in [1.54, 1.807) is 13.8 Å². The van der Waals surface area contributed by atoms with Crippen molar-refractivity contribution in [2.24, 2.45) is 11.3 Å². The van der Waals surface area contributed by atoms with Crippen molar-refractivity contribution >= 4 is 40.6 Å². The number of ether oxygens (including phenoxy) is 2. The molecule has 1 aromatic rings. The van der Waals surface area contributed by atoms with Crippen LogP contribution < -0.4 is 5.32 Å². The van der Waals surface area contributed by atoms with E-state index in [0.717, 1.165) is 5.56 Å². The molecule has 30 heavy (non-hydrogen) atoms. The lowest BCUT2D eigenvalue weighted by Crippen LogP contribution is -2.63. The lowest BCUT2D eigenvalue weighted by atomic mass is 9.73. The second-order valence-electron chi connectivity index (χ2n) is 7.95. The van der Waals surface area contributed by atoms with Gasteiger partial charge in [-0.1, -0.05) is 50.6 Å². The summed E-state index contributed by atoms with van der Waals surface area (Å²) < 4.78 is 10.6. The van der Waals surface area contributed by atoms with E-state index >= 15 is 0 Å². The van der Waals surface area contributed by atoms with E-state index in [2.05, 4.69) is 5.32 Å². The zero-order valence-corrected chi connectivity index (χ0v) is 19.8. The van der Waals surface area contributed by atoms with Gasteiger partial charge in [-0.3, -0.25) is 9.68 Å². The van der Waals surface area contributed by atoms with E-state index in [9.17, 15) is 14.4 Å². The SMILES string of the molecule is CCC(C)[C@]1(NC(=O)OCc2ccccc2)C(=O)OOC1CC(C)(C)C(=O)OCI. The third kappa shape index (κ3) is 5.42. The summed E-state index contributed by atoms with van der Waals surface area (Å²) in [6, 6.07) is 9.20. The van der Waals surface area contributed by atoms with E-state index in [-0.39, 0.29) is 23.6 Å². The van der Waals surface area contributed by atoms with Gasteiger partial charge < -0.3 is 14.8 Å². The van der Waals surface area contributed by atoms with Crippen LogP contribution in [0, 0.1) is 11.3 Å². The molecular weight excluding hydrogens is 505 g/mol. The zero-order chi connectivity index (χ0) is 22.4. The first kappa shape index (κ1) is 24.4. The molecule has 1 N–H and O–H groups in total. The third-order valence-electron chi connectivity index (χ3n) is 5.43. The van der Waals surface area contributed by atoms with Gasteiger partial charge in [0.2, 0.25) is 0 Å². The van der Waals surface area contributed by atoms with Gasteiger partial charge in [-0.15, -0.1) is 0 Å². The number of alkyl halides is 1. The highest BCUT2D eigenvalue weighted by atomic mass is 127. The van der Waals surface area contributed by atoms with Crippen molar-refractivity contribution in [3.63, 3.8) is 0 Å². The first-order valence-corrected chi connectivity index (χ1v) is 11.3. The third-order valence-corrected chi connectivity index (χ3v) is 5.74. The number of benzene rings is 1. The summed E-state index contributed by atoms with van der Waals surface area (Å²) in [5, 5.41) is 2.69. The van der Waals surface area contributed by atoms with Gasteiger partial charge in [0, 0.05) is 0 Å². The van der Waals surface area contributed by atoms with Gasteiger partial charge in [-0.05, 0) is 54.3 Å². The molecule has 8 nitrogen and oxygen atoms in total. The maximum Gasteiger partial charge on any atom is 0.408 e. The fraction of sp³-hybridized carbons (Fsp3) is 0.571. The molecule has 2 unspecified atom stereocenters.